The fraction of sp³-hybridized carbons (Fsp3) is 0.355. The second-order valence-corrected chi connectivity index (χ2v) is 12.4. The van der Waals surface area contributed by atoms with E-state index in [2.05, 4.69) is 5.32 Å². The van der Waals surface area contributed by atoms with Crippen molar-refractivity contribution < 1.29 is 27.5 Å². The van der Waals surface area contributed by atoms with E-state index in [4.69, 9.17) is 21.1 Å². The Hall–Kier alpha value is -3.76. The molecule has 9 nitrogen and oxygen atoms in total. The molecule has 226 valence electrons. The number of carbonyl (C=O) groups is 2. The lowest BCUT2D eigenvalue weighted by Crippen LogP contribution is -2.53. The Labute approximate surface area is 253 Å². The van der Waals surface area contributed by atoms with Crippen molar-refractivity contribution in [3.05, 3.63) is 82.9 Å². The molecule has 0 bridgehead atoms. The van der Waals surface area contributed by atoms with Crippen LogP contribution in [0.2, 0.25) is 5.02 Å². The van der Waals surface area contributed by atoms with Crippen LogP contribution in [0, 0.1) is 6.92 Å². The van der Waals surface area contributed by atoms with Gasteiger partial charge in [-0.2, -0.15) is 0 Å². The third-order valence-corrected chi connectivity index (χ3v) is 8.72. The highest BCUT2D eigenvalue weighted by atomic mass is 35.5. The third-order valence-electron chi connectivity index (χ3n) is 6.64. The molecular weight excluding hydrogens is 578 g/mol. The maximum absolute atomic E-state index is 14.1. The number of sulfonamides is 1. The molecule has 11 heteroatoms. The summed E-state index contributed by atoms with van der Waals surface area (Å²) in [6.45, 7) is 6.84. The zero-order valence-electron chi connectivity index (χ0n) is 24.8. The Morgan fingerprint density at radius 2 is 1.60 bits per heavy atom. The minimum Gasteiger partial charge on any atom is -0.497 e. The van der Waals surface area contributed by atoms with Gasteiger partial charge in [-0.3, -0.25) is 13.9 Å². The minimum atomic E-state index is -4.22. The highest BCUT2D eigenvalue weighted by Crippen LogP contribution is 2.32. The summed E-state index contributed by atoms with van der Waals surface area (Å²) >= 11 is 6.38. The summed E-state index contributed by atoms with van der Waals surface area (Å²) in [4.78, 5) is 28.8. The normalized spacial score (nSPS) is 12.0. The topological polar surface area (TPSA) is 105 Å². The average Bonchev–Trinajstić information content (AvgIpc) is 2.95. The Morgan fingerprint density at radius 3 is 2.12 bits per heavy atom. The number of aryl methyl sites for hydroxylation is 1. The molecule has 0 aromatic heterocycles. The molecule has 3 rings (SSSR count). The summed E-state index contributed by atoms with van der Waals surface area (Å²) in [7, 11) is -1.21. The molecule has 0 spiro atoms. The SMILES string of the molecule is CCC(C(=O)NC(C)C)N(Cc1ccc(OC)cc1)C(=O)CN(c1ccc(OC)c(Cl)c1)S(=O)(=O)c1ccc(C)cc1. The fourth-order valence-corrected chi connectivity index (χ4v) is 6.06. The number of rotatable bonds is 13. The van der Waals surface area contributed by atoms with Gasteiger partial charge in [0.1, 0.15) is 24.1 Å². The predicted molar refractivity (Wildman–Crippen MR) is 165 cm³/mol. The Bertz CT molecular complexity index is 1480. The van der Waals surface area contributed by atoms with Gasteiger partial charge in [0.05, 0.1) is 29.8 Å². The lowest BCUT2D eigenvalue weighted by molar-refractivity contribution is -0.140. The van der Waals surface area contributed by atoms with E-state index < -0.39 is 28.5 Å². The smallest absolute Gasteiger partial charge is 0.264 e. The number of hydrogen-bond acceptors (Lipinski definition) is 6. The van der Waals surface area contributed by atoms with E-state index in [0.717, 1.165) is 15.4 Å². The van der Waals surface area contributed by atoms with Gasteiger partial charge in [0.15, 0.2) is 0 Å². The van der Waals surface area contributed by atoms with E-state index in [1.807, 2.05) is 27.7 Å². The lowest BCUT2D eigenvalue weighted by atomic mass is 10.1. The van der Waals surface area contributed by atoms with Gasteiger partial charge >= 0.3 is 0 Å². The molecule has 2 amide bonds. The first-order valence-corrected chi connectivity index (χ1v) is 15.4. The monoisotopic (exact) mass is 615 g/mol. The van der Waals surface area contributed by atoms with Gasteiger partial charge in [-0.25, -0.2) is 8.42 Å². The van der Waals surface area contributed by atoms with E-state index in [9.17, 15) is 18.0 Å². The number of nitrogens with one attached hydrogen (secondary N) is 1. The van der Waals surface area contributed by atoms with Crippen LogP contribution in [0.25, 0.3) is 0 Å². The highest BCUT2D eigenvalue weighted by Gasteiger charge is 2.34. The lowest BCUT2D eigenvalue weighted by Gasteiger charge is -2.33. The number of methoxy groups -OCH3 is 2. The third kappa shape index (κ3) is 7.95. The molecule has 1 unspecified atom stereocenters. The molecule has 0 saturated heterocycles. The molecule has 0 aliphatic heterocycles. The maximum Gasteiger partial charge on any atom is 0.264 e. The number of amides is 2. The minimum absolute atomic E-state index is 0.0131. The fourth-order valence-electron chi connectivity index (χ4n) is 4.40. The van der Waals surface area contributed by atoms with Gasteiger partial charge in [0.25, 0.3) is 10.0 Å². The van der Waals surface area contributed by atoms with Crippen LogP contribution < -0.4 is 19.1 Å². The second-order valence-electron chi connectivity index (χ2n) is 10.1. The number of halogens is 1. The van der Waals surface area contributed by atoms with E-state index in [1.54, 1.807) is 49.6 Å². The molecular formula is C31H38ClN3O6S. The molecule has 3 aromatic carbocycles. The zero-order chi connectivity index (χ0) is 31.0. The van der Waals surface area contributed by atoms with Gasteiger partial charge in [0.2, 0.25) is 11.8 Å². The Balaban J connectivity index is 2.09. The van der Waals surface area contributed by atoms with Crippen molar-refractivity contribution in [1.29, 1.82) is 0 Å². The quantitative estimate of drug-likeness (QED) is 0.284. The van der Waals surface area contributed by atoms with Gasteiger partial charge in [-0.05, 0) is 75.2 Å². The molecule has 0 radical (unpaired) electrons. The molecule has 0 aliphatic carbocycles. The van der Waals surface area contributed by atoms with Gasteiger partial charge < -0.3 is 19.7 Å². The summed E-state index contributed by atoms with van der Waals surface area (Å²) in [5.74, 6) is 0.124. The van der Waals surface area contributed by atoms with Crippen LogP contribution in [0.15, 0.2) is 71.6 Å². The summed E-state index contributed by atoms with van der Waals surface area (Å²) in [6.07, 6.45) is 0.319. The molecule has 3 aromatic rings. The van der Waals surface area contributed by atoms with Crippen LogP contribution in [0.4, 0.5) is 5.69 Å². The van der Waals surface area contributed by atoms with Crippen molar-refractivity contribution in [3.8, 4) is 11.5 Å². The number of benzene rings is 3. The molecule has 0 saturated carbocycles. The van der Waals surface area contributed by atoms with E-state index in [0.29, 0.717) is 17.9 Å². The summed E-state index contributed by atoms with van der Waals surface area (Å²) in [6, 6.07) is 17.0. The number of carbonyl (C=O) groups excluding carboxylic acids is 2. The van der Waals surface area contributed by atoms with Gasteiger partial charge in [-0.15, -0.1) is 0 Å². The van der Waals surface area contributed by atoms with Gasteiger partial charge in [0, 0.05) is 12.6 Å². The summed E-state index contributed by atoms with van der Waals surface area (Å²) in [5, 5.41) is 3.07. The van der Waals surface area contributed by atoms with E-state index >= 15 is 0 Å². The van der Waals surface area contributed by atoms with Crippen molar-refractivity contribution in [2.24, 2.45) is 0 Å². The zero-order valence-corrected chi connectivity index (χ0v) is 26.3. The van der Waals surface area contributed by atoms with Crippen molar-refractivity contribution in [3.63, 3.8) is 0 Å². The van der Waals surface area contributed by atoms with Crippen LogP contribution in [0.5, 0.6) is 11.5 Å². The maximum atomic E-state index is 14.1. The van der Waals surface area contributed by atoms with Crippen LogP contribution in [-0.4, -0.2) is 58.0 Å². The first-order chi connectivity index (χ1) is 19.9. The summed E-state index contributed by atoms with van der Waals surface area (Å²) in [5.41, 5.74) is 1.82. The predicted octanol–water partition coefficient (Wildman–Crippen LogP) is 5.19. The molecule has 42 heavy (non-hydrogen) atoms. The highest BCUT2D eigenvalue weighted by molar-refractivity contribution is 7.92. The second kappa shape index (κ2) is 14.4. The molecule has 1 atom stereocenters. The first kappa shape index (κ1) is 32.8. The van der Waals surface area contributed by atoms with Crippen LogP contribution in [0.1, 0.15) is 38.3 Å². The van der Waals surface area contributed by atoms with Gasteiger partial charge in [-0.1, -0.05) is 48.4 Å². The summed E-state index contributed by atoms with van der Waals surface area (Å²) < 4.78 is 39.5. The van der Waals surface area contributed by atoms with Crippen molar-refractivity contribution in [2.45, 2.75) is 57.6 Å². The average molecular weight is 616 g/mol. The molecule has 0 fully saturated rings. The molecule has 0 aliphatic rings. The van der Waals surface area contributed by atoms with Crippen molar-refractivity contribution in [1.82, 2.24) is 10.2 Å². The van der Waals surface area contributed by atoms with E-state index in [1.165, 1.54) is 36.3 Å². The first-order valence-electron chi connectivity index (χ1n) is 13.6. The number of nitrogens with zero attached hydrogens (tertiary/aromatic N) is 2. The van der Waals surface area contributed by atoms with Crippen molar-refractivity contribution in [2.75, 3.05) is 25.1 Å². The molecule has 1 N–H and O–H groups in total. The number of anilines is 1. The van der Waals surface area contributed by atoms with Crippen LogP contribution in [-0.2, 0) is 26.2 Å². The Kier molecular flexibility index (Phi) is 11.2. The standard InChI is InChI=1S/C31H38ClN3O6S/c1-7-28(31(37)33-21(2)3)34(19-23-10-13-25(40-5)14-11-23)30(36)20-35(24-12-17-29(41-6)27(32)18-24)42(38,39)26-15-8-22(4)9-16-26/h8-18,21,28H,7,19-20H2,1-6H3,(H,33,37). The number of ether oxygens (including phenoxy) is 2. The van der Waals surface area contributed by atoms with E-state index in [-0.39, 0.29) is 34.1 Å². The van der Waals surface area contributed by atoms with Crippen LogP contribution in [0.3, 0.4) is 0 Å². The number of hydrogen-bond donors (Lipinski definition) is 1. The largest absolute Gasteiger partial charge is 0.497 e. The van der Waals surface area contributed by atoms with Crippen LogP contribution >= 0.6 is 11.6 Å². The molecule has 0 heterocycles. The van der Waals surface area contributed by atoms with Crippen molar-refractivity contribution >= 4 is 39.1 Å². The Morgan fingerprint density at radius 1 is 0.952 bits per heavy atom.